The predicted octanol–water partition coefficient (Wildman–Crippen LogP) is 1.33. The van der Waals surface area contributed by atoms with Crippen molar-refractivity contribution in [1.82, 2.24) is 25.6 Å². The molecule has 3 heterocycles. The van der Waals surface area contributed by atoms with Gasteiger partial charge >= 0.3 is 0 Å². The van der Waals surface area contributed by atoms with E-state index in [-0.39, 0.29) is 6.10 Å². The van der Waals surface area contributed by atoms with Crippen LogP contribution in [0, 0.1) is 0 Å². The molecule has 4 rings (SSSR count). The summed E-state index contributed by atoms with van der Waals surface area (Å²) in [6, 6.07) is 12.2. The number of fused-ring (bicyclic) bond motifs is 1. The Balaban J connectivity index is 1.62. The molecule has 1 aromatic carbocycles. The molecule has 0 spiro atoms. The van der Waals surface area contributed by atoms with Crippen molar-refractivity contribution in [3.8, 4) is 0 Å². The highest BCUT2D eigenvalue weighted by Crippen LogP contribution is 2.24. The summed E-state index contributed by atoms with van der Waals surface area (Å²) in [6.07, 6.45) is -0.175. The van der Waals surface area contributed by atoms with Crippen LogP contribution in [-0.2, 0) is 4.74 Å². The van der Waals surface area contributed by atoms with E-state index in [9.17, 15) is 0 Å². The Hall–Kier alpha value is -2.54. The molecule has 7 nitrogen and oxygen atoms in total. The summed E-state index contributed by atoms with van der Waals surface area (Å²) < 4.78 is 5.71. The molecule has 0 radical (unpaired) electrons. The van der Waals surface area contributed by atoms with E-state index in [4.69, 9.17) is 9.72 Å². The molecule has 0 aliphatic carbocycles. The van der Waals surface area contributed by atoms with Gasteiger partial charge in [-0.05, 0) is 18.2 Å². The second-order valence-electron chi connectivity index (χ2n) is 4.94. The highest BCUT2D eigenvalue weighted by Gasteiger charge is 2.25. The zero-order chi connectivity index (χ0) is 14.1. The van der Waals surface area contributed by atoms with Crippen molar-refractivity contribution < 1.29 is 4.74 Å². The van der Waals surface area contributed by atoms with Gasteiger partial charge in [-0.3, -0.25) is 0 Å². The third kappa shape index (κ3) is 2.31. The molecule has 7 heteroatoms. The highest BCUT2D eigenvalue weighted by atomic mass is 16.5. The van der Waals surface area contributed by atoms with E-state index in [2.05, 4.69) is 37.7 Å². The summed E-state index contributed by atoms with van der Waals surface area (Å²) in [7, 11) is 0. The van der Waals surface area contributed by atoms with Gasteiger partial charge in [-0.15, -0.1) is 10.2 Å². The number of ether oxygens (including phenoxy) is 1. The number of hydrogen-bond donors (Lipinski definition) is 1. The fourth-order valence-corrected chi connectivity index (χ4v) is 2.55. The first-order valence-corrected chi connectivity index (χ1v) is 6.86. The Kier molecular flexibility index (Phi) is 2.97. The molecule has 0 amide bonds. The van der Waals surface area contributed by atoms with Gasteiger partial charge in [0.25, 0.3) is 0 Å². The van der Waals surface area contributed by atoms with Crippen molar-refractivity contribution in [3.05, 3.63) is 42.2 Å². The van der Waals surface area contributed by atoms with Crippen molar-refractivity contribution in [2.24, 2.45) is 0 Å². The predicted molar refractivity (Wildman–Crippen MR) is 76.8 cm³/mol. The van der Waals surface area contributed by atoms with E-state index in [0.29, 0.717) is 19.0 Å². The largest absolute Gasteiger partial charge is 0.366 e. The number of anilines is 1. The fourth-order valence-electron chi connectivity index (χ4n) is 2.55. The van der Waals surface area contributed by atoms with Crippen molar-refractivity contribution in [3.63, 3.8) is 0 Å². The number of rotatable bonds is 2. The first-order valence-electron chi connectivity index (χ1n) is 6.86. The number of nitrogens with zero attached hydrogens (tertiary/aromatic N) is 5. The summed E-state index contributed by atoms with van der Waals surface area (Å²) in [5.41, 5.74) is 0.998. The van der Waals surface area contributed by atoms with Gasteiger partial charge in [0.2, 0.25) is 5.82 Å². The van der Waals surface area contributed by atoms with Crippen LogP contribution in [0.3, 0.4) is 0 Å². The third-order valence-electron chi connectivity index (χ3n) is 3.62. The number of aromatic amines is 1. The quantitative estimate of drug-likeness (QED) is 0.763. The maximum absolute atomic E-state index is 5.71. The SMILES string of the molecule is c1ccc2nc(N3CCOC(c4nn[nH]n4)C3)ccc2c1. The van der Waals surface area contributed by atoms with Gasteiger partial charge in [0.05, 0.1) is 18.7 Å². The zero-order valence-corrected chi connectivity index (χ0v) is 11.3. The van der Waals surface area contributed by atoms with Gasteiger partial charge in [-0.25, -0.2) is 4.98 Å². The molecule has 0 saturated carbocycles. The maximum atomic E-state index is 5.71. The Morgan fingerprint density at radius 2 is 2.14 bits per heavy atom. The van der Waals surface area contributed by atoms with Crippen molar-refractivity contribution in [1.29, 1.82) is 0 Å². The second-order valence-corrected chi connectivity index (χ2v) is 4.94. The van der Waals surface area contributed by atoms with Gasteiger partial charge in [0.15, 0.2) is 0 Å². The van der Waals surface area contributed by atoms with Crippen molar-refractivity contribution >= 4 is 16.7 Å². The monoisotopic (exact) mass is 282 g/mol. The Morgan fingerprint density at radius 1 is 1.19 bits per heavy atom. The van der Waals surface area contributed by atoms with Crippen LogP contribution in [0.4, 0.5) is 5.82 Å². The Morgan fingerprint density at radius 3 is 3.05 bits per heavy atom. The molecule has 21 heavy (non-hydrogen) atoms. The number of pyridine rings is 1. The lowest BCUT2D eigenvalue weighted by Crippen LogP contribution is -2.39. The molecule has 3 aromatic rings. The van der Waals surface area contributed by atoms with E-state index in [0.717, 1.165) is 23.3 Å². The van der Waals surface area contributed by atoms with Gasteiger partial charge in [-0.2, -0.15) is 5.21 Å². The summed E-state index contributed by atoms with van der Waals surface area (Å²) in [4.78, 5) is 6.91. The molecule has 2 aromatic heterocycles. The topological polar surface area (TPSA) is 79.8 Å². The smallest absolute Gasteiger partial charge is 0.205 e. The van der Waals surface area contributed by atoms with E-state index >= 15 is 0 Å². The lowest BCUT2D eigenvalue weighted by Gasteiger charge is -2.32. The minimum atomic E-state index is -0.175. The highest BCUT2D eigenvalue weighted by molar-refractivity contribution is 5.80. The standard InChI is InChI=1S/C14H14N6O/c1-2-4-11-10(3-1)5-6-13(15-11)20-7-8-21-12(9-20)14-16-18-19-17-14/h1-6,12H,7-9H2,(H,16,17,18,19). The average molecular weight is 282 g/mol. The molecular weight excluding hydrogens is 268 g/mol. The zero-order valence-electron chi connectivity index (χ0n) is 11.3. The number of benzene rings is 1. The molecule has 0 bridgehead atoms. The number of hydrogen-bond acceptors (Lipinski definition) is 6. The molecule has 1 saturated heterocycles. The van der Waals surface area contributed by atoms with E-state index < -0.39 is 0 Å². The summed E-state index contributed by atoms with van der Waals surface area (Å²) in [6.45, 7) is 2.10. The Bertz CT molecular complexity index is 744. The molecule has 1 atom stereocenters. The van der Waals surface area contributed by atoms with Crippen LogP contribution in [-0.4, -0.2) is 45.3 Å². The first kappa shape index (κ1) is 12.2. The van der Waals surface area contributed by atoms with Gasteiger partial charge in [-0.1, -0.05) is 23.4 Å². The third-order valence-corrected chi connectivity index (χ3v) is 3.62. The number of aromatic nitrogens is 5. The van der Waals surface area contributed by atoms with E-state index in [1.807, 2.05) is 24.3 Å². The number of morpholine rings is 1. The van der Waals surface area contributed by atoms with Crippen LogP contribution in [0.5, 0.6) is 0 Å². The number of H-pyrrole nitrogens is 1. The van der Waals surface area contributed by atoms with Gasteiger partial charge in [0.1, 0.15) is 11.9 Å². The van der Waals surface area contributed by atoms with Crippen LogP contribution in [0.2, 0.25) is 0 Å². The second kappa shape index (κ2) is 5.10. The minimum Gasteiger partial charge on any atom is -0.366 e. The molecule has 1 N–H and O–H groups in total. The van der Waals surface area contributed by atoms with Crippen molar-refractivity contribution in [2.75, 3.05) is 24.6 Å². The van der Waals surface area contributed by atoms with Crippen LogP contribution in [0.25, 0.3) is 10.9 Å². The van der Waals surface area contributed by atoms with Crippen LogP contribution < -0.4 is 4.90 Å². The average Bonchev–Trinajstić information content (AvgIpc) is 3.09. The van der Waals surface area contributed by atoms with E-state index in [1.54, 1.807) is 0 Å². The van der Waals surface area contributed by atoms with Gasteiger partial charge < -0.3 is 9.64 Å². The molecule has 106 valence electrons. The number of tetrazole rings is 1. The maximum Gasteiger partial charge on any atom is 0.205 e. The molecule has 1 aliphatic heterocycles. The summed E-state index contributed by atoms with van der Waals surface area (Å²) in [5, 5.41) is 15.2. The number of para-hydroxylation sites is 1. The summed E-state index contributed by atoms with van der Waals surface area (Å²) >= 11 is 0. The minimum absolute atomic E-state index is 0.175. The molecule has 1 unspecified atom stereocenters. The first-order chi connectivity index (χ1) is 10.4. The molecular formula is C14H14N6O. The van der Waals surface area contributed by atoms with Crippen LogP contribution >= 0.6 is 0 Å². The normalized spacial score (nSPS) is 19.0. The number of nitrogens with one attached hydrogen (secondary N) is 1. The van der Waals surface area contributed by atoms with Crippen LogP contribution in [0.15, 0.2) is 36.4 Å². The van der Waals surface area contributed by atoms with Crippen molar-refractivity contribution in [2.45, 2.75) is 6.10 Å². The lowest BCUT2D eigenvalue weighted by molar-refractivity contribution is 0.0338. The van der Waals surface area contributed by atoms with Gasteiger partial charge in [0, 0.05) is 11.9 Å². The molecule has 1 fully saturated rings. The molecule has 1 aliphatic rings. The Labute approximate surface area is 120 Å². The summed E-state index contributed by atoms with van der Waals surface area (Å²) in [5.74, 6) is 1.53. The fraction of sp³-hybridized carbons (Fsp3) is 0.286. The van der Waals surface area contributed by atoms with Crippen LogP contribution in [0.1, 0.15) is 11.9 Å². The van der Waals surface area contributed by atoms with E-state index in [1.165, 1.54) is 0 Å². The lowest BCUT2D eigenvalue weighted by atomic mass is 10.2.